The molecule has 0 spiro atoms. The zero-order valence-corrected chi connectivity index (χ0v) is 14.5. The summed E-state index contributed by atoms with van der Waals surface area (Å²) in [6, 6.07) is 19.5. The van der Waals surface area contributed by atoms with Crippen molar-refractivity contribution in [3.63, 3.8) is 0 Å². The largest absolute Gasteiger partial charge is 0.417 e. The molecule has 0 bridgehead atoms. The SMILES string of the molecule is Cc1nn(Cc2ccccc2)c2nc(-c3ccccc3)cc(C(F)(F)F)c12. The van der Waals surface area contributed by atoms with E-state index in [1.807, 2.05) is 36.4 Å². The Balaban J connectivity index is 1.96. The maximum Gasteiger partial charge on any atom is 0.417 e. The molecule has 2 aromatic heterocycles. The zero-order valence-electron chi connectivity index (χ0n) is 14.5. The molecule has 2 heterocycles. The maximum atomic E-state index is 13.8. The molecule has 0 saturated heterocycles. The summed E-state index contributed by atoms with van der Waals surface area (Å²) >= 11 is 0. The first-order valence-electron chi connectivity index (χ1n) is 8.48. The van der Waals surface area contributed by atoms with Crippen LogP contribution >= 0.6 is 0 Å². The fourth-order valence-electron chi connectivity index (χ4n) is 3.20. The predicted molar refractivity (Wildman–Crippen MR) is 98.2 cm³/mol. The third-order valence-corrected chi connectivity index (χ3v) is 4.43. The van der Waals surface area contributed by atoms with Gasteiger partial charge in [-0.15, -0.1) is 0 Å². The van der Waals surface area contributed by atoms with Crippen LogP contribution in [0.1, 0.15) is 16.8 Å². The van der Waals surface area contributed by atoms with E-state index in [4.69, 9.17) is 0 Å². The Morgan fingerprint density at radius 2 is 1.56 bits per heavy atom. The smallest absolute Gasteiger partial charge is 0.243 e. The van der Waals surface area contributed by atoms with E-state index in [1.165, 1.54) is 0 Å². The molecule has 0 radical (unpaired) electrons. The first kappa shape index (κ1) is 17.3. The summed E-state index contributed by atoms with van der Waals surface area (Å²) in [7, 11) is 0. The third kappa shape index (κ3) is 3.30. The van der Waals surface area contributed by atoms with Crippen LogP contribution in [0.5, 0.6) is 0 Å². The highest BCUT2D eigenvalue weighted by atomic mass is 19.4. The van der Waals surface area contributed by atoms with Gasteiger partial charge in [0.05, 0.1) is 28.9 Å². The van der Waals surface area contributed by atoms with Crippen molar-refractivity contribution in [2.75, 3.05) is 0 Å². The second-order valence-electron chi connectivity index (χ2n) is 6.35. The van der Waals surface area contributed by atoms with Crippen molar-refractivity contribution in [3.05, 3.63) is 83.6 Å². The van der Waals surface area contributed by atoms with Gasteiger partial charge in [-0.3, -0.25) is 0 Å². The number of benzene rings is 2. The molecular weight excluding hydrogens is 351 g/mol. The average molecular weight is 367 g/mol. The number of hydrogen-bond donors (Lipinski definition) is 0. The lowest BCUT2D eigenvalue weighted by molar-refractivity contribution is -0.136. The van der Waals surface area contributed by atoms with Gasteiger partial charge in [-0.05, 0) is 18.6 Å². The highest BCUT2D eigenvalue weighted by Crippen LogP contribution is 2.38. The van der Waals surface area contributed by atoms with E-state index in [1.54, 1.807) is 35.9 Å². The van der Waals surface area contributed by atoms with Crippen LogP contribution in [-0.2, 0) is 12.7 Å². The Labute approximate surface area is 154 Å². The van der Waals surface area contributed by atoms with Gasteiger partial charge in [0.1, 0.15) is 0 Å². The quantitative estimate of drug-likeness (QED) is 0.480. The molecule has 2 aromatic carbocycles. The van der Waals surface area contributed by atoms with E-state index >= 15 is 0 Å². The summed E-state index contributed by atoms with van der Waals surface area (Å²) in [5.41, 5.74) is 1.72. The van der Waals surface area contributed by atoms with Crippen LogP contribution < -0.4 is 0 Å². The molecule has 136 valence electrons. The van der Waals surface area contributed by atoms with Crippen molar-refractivity contribution in [3.8, 4) is 11.3 Å². The van der Waals surface area contributed by atoms with Gasteiger partial charge in [0.2, 0.25) is 0 Å². The fraction of sp³-hybridized carbons (Fsp3) is 0.143. The first-order chi connectivity index (χ1) is 12.9. The standard InChI is InChI=1S/C21H16F3N3/c1-14-19-17(21(22,23)24)12-18(16-10-6-3-7-11-16)25-20(19)27(26-14)13-15-8-4-2-5-9-15/h2-12H,13H2,1H3. The van der Waals surface area contributed by atoms with E-state index in [0.717, 1.165) is 11.6 Å². The molecule has 6 heteroatoms. The van der Waals surface area contributed by atoms with E-state index in [2.05, 4.69) is 10.1 Å². The highest BCUT2D eigenvalue weighted by molar-refractivity contribution is 5.85. The molecule has 0 aliphatic rings. The number of halogens is 3. The van der Waals surface area contributed by atoms with Crippen LogP contribution in [0.15, 0.2) is 66.7 Å². The fourth-order valence-corrected chi connectivity index (χ4v) is 3.20. The number of fused-ring (bicyclic) bond motifs is 1. The van der Waals surface area contributed by atoms with E-state index in [9.17, 15) is 13.2 Å². The van der Waals surface area contributed by atoms with Crippen molar-refractivity contribution in [1.82, 2.24) is 14.8 Å². The average Bonchev–Trinajstić information content (AvgIpc) is 2.97. The molecule has 4 rings (SSSR count). The molecule has 3 nitrogen and oxygen atoms in total. The Morgan fingerprint density at radius 1 is 0.926 bits per heavy atom. The zero-order chi connectivity index (χ0) is 19.0. The van der Waals surface area contributed by atoms with Gasteiger partial charge < -0.3 is 0 Å². The molecule has 0 atom stereocenters. The van der Waals surface area contributed by atoms with Gasteiger partial charge in [-0.25, -0.2) is 9.67 Å². The van der Waals surface area contributed by atoms with Gasteiger partial charge in [0.25, 0.3) is 0 Å². The second kappa shape index (κ2) is 6.54. The van der Waals surface area contributed by atoms with E-state index in [-0.39, 0.29) is 16.7 Å². The topological polar surface area (TPSA) is 30.7 Å². The number of nitrogens with zero attached hydrogens (tertiary/aromatic N) is 3. The lowest BCUT2D eigenvalue weighted by Crippen LogP contribution is -2.08. The summed E-state index contributed by atoms with van der Waals surface area (Å²) in [5, 5.41) is 4.40. The van der Waals surface area contributed by atoms with Crippen LogP contribution in [0.25, 0.3) is 22.3 Å². The highest BCUT2D eigenvalue weighted by Gasteiger charge is 2.35. The molecular formula is C21H16F3N3. The Kier molecular flexibility index (Phi) is 4.18. The third-order valence-electron chi connectivity index (χ3n) is 4.43. The lowest BCUT2D eigenvalue weighted by Gasteiger charge is -2.12. The minimum Gasteiger partial charge on any atom is -0.243 e. The number of aryl methyl sites for hydroxylation is 1. The molecule has 4 aromatic rings. The maximum absolute atomic E-state index is 13.8. The van der Waals surface area contributed by atoms with Crippen molar-refractivity contribution >= 4 is 11.0 Å². The molecule has 27 heavy (non-hydrogen) atoms. The van der Waals surface area contributed by atoms with Gasteiger partial charge in [-0.1, -0.05) is 60.7 Å². The number of pyridine rings is 1. The molecule has 0 saturated carbocycles. The molecule has 0 unspecified atom stereocenters. The monoisotopic (exact) mass is 367 g/mol. The first-order valence-corrected chi connectivity index (χ1v) is 8.48. The minimum absolute atomic E-state index is 0.0538. The molecule has 0 fully saturated rings. The minimum atomic E-state index is -4.49. The van der Waals surface area contributed by atoms with Crippen molar-refractivity contribution in [2.45, 2.75) is 19.6 Å². The number of alkyl halides is 3. The van der Waals surface area contributed by atoms with Gasteiger partial charge >= 0.3 is 6.18 Å². The van der Waals surface area contributed by atoms with Gasteiger partial charge in [0, 0.05) is 5.56 Å². The summed E-state index contributed by atoms with van der Waals surface area (Å²) in [6.45, 7) is 1.94. The van der Waals surface area contributed by atoms with Crippen molar-refractivity contribution < 1.29 is 13.2 Å². The lowest BCUT2D eigenvalue weighted by atomic mass is 10.1. The summed E-state index contributed by atoms with van der Waals surface area (Å²) in [4.78, 5) is 4.54. The Bertz CT molecular complexity index is 1080. The second-order valence-corrected chi connectivity index (χ2v) is 6.35. The molecule has 0 amide bonds. The van der Waals surface area contributed by atoms with Crippen molar-refractivity contribution in [1.29, 1.82) is 0 Å². The van der Waals surface area contributed by atoms with Crippen LogP contribution in [0.4, 0.5) is 13.2 Å². The van der Waals surface area contributed by atoms with Crippen LogP contribution in [0.3, 0.4) is 0 Å². The molecule has 0 N–H and O–H groups in total. The van der Waals surface area contributed by atoms with E-state index < -0.39 is 11.7 Å². The summed E-state index contributed by atoms with van der Waals surface area (Å²) in [6.07, 6.45) is -4.49. The van der Waals surface area contributed by atoms with E-state index in [0.29, 0.717) is 17.8 Å². The van der Waals surface area contributed by atoms with Gasteiger partial charge in [0.15, 0.2) is 5.65 Å². The molecule has 0 aliphatic heterocycles. The Hall–Kier alpha value is -3.15. The number of rotatable bonds is 3. The van der Waals surface area contributed by atoms with Crippen LogP contribution in [0, 0.1) is 6.92 Å². The summed E-state index contributed by atoms with van der Waals surface area (Å²) in [5.74, 6) is 0. The summed E-state index contributed by atoms with van der Waals surface area (Å²) < 4.78 is 42.8. The van der Waals surface area contributed by atoms with Crippen molar-refractivity contribution in [2.24, 2.45) is 0 Å². The number of hydrogen-bond acceptors (Lipinski definition) is 2. The van der Waals surface area contributed by atoms with Crippen LogP contribution in [-0.4, -0.2) is 14.8 Å². The predicted octanol–water partition coefficient (Wildman–Crippen LogP) is 5.47. The number of aromatic nitrogens is 3. The normalized spacial score (nSPS) is 11.9. The Morgan fingerprint density at radius 3 is 2.19 bits per heavy atom. The van der Waals surface area contributed by atoms with Gasteiger partial charge in [-0.2, -0.15) is 18.3 Å². The molecule has 0 aliphatic carbocycles. The van der Waals surface area contributed by atoms with Crippen LogP contribution in [0.2, 0.25) is 0 Å².